The van der Waals surface area contributed by atoms with Crippen LogP contribution in [-0.2, 0) is 9.53 Å². The molecule has 114 valence electrons. The number of ether oxygens (including phenoxy) is 1. The third-order valence-corrected chi connectivity index (χ3v) is 4.21. The summed E-state index contributed by atoms with van der Waals surface area (Å²) in [6, 6.07) is 0. The molecule has 2 saturated heterocycles. The van der Waals surface area contributed by atoms with Crippen molar-refractivity contribution < 1.29 is 9.53 Å². The minimum atomic E-state index is 0.0739. The molecule has 0 bridgehead atoms. The Morgan fingerprint density at radius 2 is 2.05 bits per heavy atom. The van der Waals surface area contributed by atoms with E-state index >= 15 is 0 Å². The summed E-state index contributed by atoms with van der Waals surface area (Å²) in [7, 11) is 0. The minimum Gasteiger partial charge on any atom is -0.378 e. The van der Waals surface area contributed by atoms with Gasteiger partial charge in [0.1, 0.15) is 5.82 Å². The number of carbonyl (C=O) groups excluding carboxylic acids is 1. The van der Waals surface area contributed by atoms with E-state index in [1.54, 1.807) is 6.20 Å². The molecule has 2 fully saturated rings. The topological polar surface area (TPSA) is 58.6 Å². The van der Waals surface area contributed by atoms with Gasteiger partial charge >= 0.3 is 0 Å². The lowest BCUT2D eigenvalue weighted by atomic mass is 10.1. The van der Waals surface area contributed by atoms with Gasteiger partial charge in [-0.15, -0.1) is 0 Å². The molecule has 2 aliphatic rings. The van der Waals surface area contributed by atoms with E-state index in [1.165, 1.54) is 0 Å². The molecule has 0 saturated carbocycles. The third kappa shape index (κ3) is 3.00. The van der Waals surface area contributed by atoms with E-state index in [0.717, 1.165) is 49.8 Å². The maximum atomic E-state index is 12.5. The molecule has 1 amide bonds. The third-order valence-electron chi connectivity index (χ3n) is 4.21. The quantitative estimate of drug-likeness (QED) is 0.805. The molecule has 3 rings (SSSR count). The van der Waals surface area contributed by atoms with Gasteiger partial charge in [-0.25, -0.2) is 4.98 Å². The summed E-state index contributed by atoms with van der Waals surface area (Å²) in [5.74, 6) is 1.26. The molecule has 3 heterocycles. The molecule has 0 spiro atoms. The van der Waals surface area contributed by atoms with Crippen molar-refractivity contribution in [1.29, 1.82) is 0 Å². The van der Waals surface area contributed by atoms with Gasteiger partial charge in [-0.1, -0.05) is 0 Å². The number of anilines is 1. The van der Waals surface area contributed by atoms with Gasteiger partial charge in [0.15, 0.2) is 0 Å². The van der Waals surface area contributed by atoms with Gasteiger partial charge in [0.2, 0.25) is 5.91 Å². The molecule has 2 aliphatic heterocycles. The highest BCUT2D eigenvalue weighted by Crippen LogP contribution is 2.25. The Hall–Kier alpha value is -1.69. The highest BCUT2D eigenvalue weighted by molar-refractivity contribution is 5.80. The molecule has 0 radical (unpaired) electrons. The zero-order valence-corrected chi connectivity index (χ0v) is 12.7. The summed E-state index contributed by atoms with van der Waals surface area (Å²) in [5.41, 5.74) is 1.85. The van der Waals surface area contributed by atoms with Gasteiger partial charge in [0.25, 0.3) is 0 Å². The fourth-order valence-corrected chi connectivity index (χ4v) is 3.02. The van der Waals surface area contributed by atoms with Gasteiger partial charge in [0.05, 0.1) is 30.5 Å². The summed E-state index contributed by atoms with van der Waals surface area (Å²) in [4.78, 5) is 25.6. The number of morpholine rings is 1. The molecule has 21 heavy (non-hydrogen) atoms. The zero-order chi connectivity index (χ0) is 14.8. The molecule has 6 nitrogen and oxygen atoms in total. The van der Waals surface area contributed by atoms with Crippen LogP contribution >= 0.6 is 0 Å². The standard InChI is InChI=1S/C15H22N4O2/c1-11-9-16-12(2)14(17-11)19-4-3-13(10-19)15(20)18-5-7-21-8-6-18/h9,13H,3-8,10H2,1-2H3. The molecule has 0 aromatic carbocycles. The molecule has 1 aromatic rings. The Bertz CT molecular complexity index is 528. The molecule has 6 heteroatoms. The molecular formula is C15H22N4O2. The molecule has 0 N–H and O–H groups in total. The summed E-state index contributed by atoms with van der Waals surface area (Å²) < 4.78 is 5.31. The van der Waals surface area contributed by atoms with Gasteiger partial charge in [-0.3, -0.25) is 9.78 Å². The summed E-state index contributed by atoms with van der Waals surface area (Å²) in [6.45, 7) is 8.29. The van der Waals surface area contributed by atoms with Gasteiger partial charge in [-0.05, 0) is 20.3 Å². The van der Waals surface area contributed by atoms with Gasteiger partial charge in [-0.2, -0.15) is 0 Å². The van der Waals surface area contributed by atoms with Crippen LogP contribution in [-0.4, -0.2) is 60.2 Å². The molecular weight excluding hydrogens is 268 g/mol. The van der Waals surface area contributed by atoms with Crippen molar-refractivity contribution in [2.24, 2.45) is 5.92 Å². The van der Waals surface area contributed by atoms with E-state index in [2.05, 4.69) is 14.9 Å². The minimum absolute atomic E-state index is 0.0739. The SMILES string of the molecule is Cc1cnc(C)c(N2CCC(C(=O)N3CCOCC3)C2)n1. The number of nitrogens with zero attached hydrogens (tertiary/aromatic N) is 4. The lowest BCUT2D eigenvalue weighted by molar-refractivity contribution is -0.138. The van der Waals surface area contributed by atoms with E-state index in [4.69, 9.17) is 4.74 Å². The van der Waals surface area contributed by atoms with Crippen molar-refractivity contribution in [1.82, 2.24) is 14.9 Å². The predicted molar refractivity (Wildman–Crippen MR) is 79.2 cm³/mol. The maximum absolute atomic E-state index is 12.5. The summed E-state index contributed by atoms with van der Waals surface area (Å²) >= 11 is 0. The Balaban J connectivity index is 1.67. The monoisotopic (exact) mass is 290 g/mol. The first kappa shape index (κ1) is 14.3. The number of amides is 1. The van der Waals surface area contributed by atoms with Crippen molar-refractivity contribution in [2.45, 2.75) is 20.3 Å². The van der Waals surface area contributed by atoms with Gasteiger partial charge in [0, 0.05) is 32.4 Å². The number of carbonyl (C=O) groups is 1. The van der Waals surface area contributed by atoms with Crippen LogP contribution < -0.4 is 4.90 Å². The average Bonchev–Trinajstić information content (AvgIpc) is 2.99. The lowest BCUT2D eigenvalue weighted by Crippen LogP contribution is -2.44. The van der Waals surface area contributed by atoms with Crippen LogP contribution in [0.5, 0.6) is 0 Å². The fraction of sp³-hybridized carbons (Fsp3) is 0.667. The zero-order valence-electron chi connectivity index (χ0n) is 12.7. The second-order valence-electron chi connectivity index (χ2n) is 5.79. The number of aryl methyl sites for hydroxylation is 2. The molecule has 1 atom stereocenters. The summed E-state index contributed by atoms with van der Waals surface area (Å²) in [6.07, 6.45) is 2.68. The Morgan fingerprint density at radius 3 is 2.81 bits per heavy atom. The Labute approximate surface area is 125 Å². The molecule has 0 aliphatic carbocycles. The van der Waals surface area contributed by atoms with Crippen molar-refractivity contribution >= 4 is 11.7 Å². The highest BCUT2D eigenvalue weighted by atomic mass is 16.5. The first-order chi connectivity index (χ1) is 10.1. The second kappa shape index (κ2) is 5.97. The van der Waals surface area contributed by atoms with E-state index < -0.39 is 0 Å². The van der Waals surface area contributed by atoms with Crippen LogP contribution in [0.4, 0.5) is 5.82 Å². The maximum Gasteiger partial charge on any atom is 0.227 e. The number of hydrogen-bond acceptors (Lipinski definition) is 5. The van der Waals surface area contributed by atoms with Crippen molar-refractivity contribution in [3.8, 4) is 0 Å². The second-order valence-corrected chi connectivity index (χ2v) is 5.79. The van der Waals surface area contributed by atoms with Crippen LogP contribution in [0.3, 0.4) is 0 Å². The average molecular weight is 290 g/mol. The highest BCUT2D eigenvalue weighted by Gasteiger charge is 2.33. The number of aromatic nitrogens is 2. The summed E-state index contributed by atoms with van der Waals surface area (Å²) in [5, 5.41) is 0. The fourth-order valence-electron chi connectivity index (χ4n) is 3.02. The van der Waals surface area contributed by atoms with Crippen LogP contribution in [0.1, 0.15) is 17.8 Å². The largest absolute Gasteiger partial charge is 0.378 e. The molecule has 1 aromatic heterocycles. The van der Waals surface area contributed by atoms with E-state index in [9.17, 15) is 4.79 Å². The van der Waals surface area contributed by atoms with Crippen LogP contribution in [0.2, 0.25) is 0 Å². The van der Waals surface area contributed by atoms with E-state index in [1.807, 2.05) is 18.7 Å². The van der Waals surface area contributed by atoms with Crippen LogP contribution in [0.25, 0.3) is 0 Å². The first-order valence-corrected chi connectivity index (χ1v) is 7.57. The Morgan fingerprint density at radius 1 is 1.29 bits per heavy atom. The van der Waals surface area contributed by atoms with E-state index in [-0.39, 0.29) is 11.8 Å². The van der Waals surface area contributed by atoms with E-state index in [0.29, 0.717) is 13.2 Å². The smallest absolute Gasteiger partial charge is 0.227 e. The normalized spacial score (nSPS) is 22.7. The number of hydrogen-bond donors (Lipinski definition) is 0. The van der Waals surface area contributed by atoms with Crippen molar-refractivity contribution in [3.63, 3.8) is 0 Å². The molecule has 1 unspecified atom stereocenters. The van der Waals surface area contributed by atoms with Gasteiger partial charge < -0.3 is 14.5 Å². The first-order valence-electron chi connectivity index (χ1n) is 7.57. The van der Waals surface area contributed by atoms with Crippen LogP contribution in [0.15, 0.2) is 6.20 Å². The van der Waals surface area contributed by atoms with Crippen LogP contribution in [0, 0.1) is 19.8 Å². The number of rotatable bonds is 2. The van der Waals surface area contributed by atoms with Crippen molar-refractivity contribution in [3.05, 3.63) is 17.6 Å². The predicted octanol–water partition coefficient (Wildman–Crippen LogP) is 0.779. The Kier molecular flexibility index (Phi) is 4.05. The lowest BCUT2D eigenvalue weighted by Gasteiger charge is -2.29. The van der Waals surface area contributed by atoms with Crippen molar-refractivity contribution in [2.75, 3.05) is 44.3 Å².